The molecule has 0 aromatic rings. The first-order valence-corrected chi connectivity index (χ1v) is 6.60. The lowest BCUT2D eigenvalue weighted by atomic mass is 9.95. The van der Waals surface area contributed by atoms with Crippen molar-refractivity contribution >= 4 is 0 Å². The van der Waals surface area contributed by atoms with Crippen LogP contribution in [0.25, 0.3) is 0 Å². The van der Waals surface area contributed by atoms with E-state index in [0.717, 1.165) is 17.9 Å². The smallest absolute Gasteiger partial charge is 0.0212 e. The van der Waals surface area contributed by atoms with Crippen LogP contribution in [-0.4, -0.2) is 37.6 Å². The van der Waals surface area contributed by atoms with E-state index in [2.05, 4.69) is 31.2 Å². The fraction of sp³-hybridized carbons (Fsp3) is 1.00. The summed E-state index contributed by atoms with van der Waals surface area (Å²) >= 11 is 0. The lowest BCUT2D eigenvalue weighted by Gasteiger charge is -2.28. The summed E-state index contributed by atoms with van der Waals surface area (Å²) in [5.41, 5.74) is 0. The minimum atomic E-state index is 0.712. The summed E-state index contributed by atoms with van der Waals surface area (Å²) < 4.78 is 0. The zero-order chi connectivity index (χ0) is 10.8. The number of rotatable bonds is 5. The Morgan fingerprint density at radius 2 is 2.07 bits per heavy atom. The van der Waals surface area contributed by atoms with Crippen molar-refractivity contribution in [2.24, 2.45) is 11.8 Å². The molecule has 0 spiro atoms. The van der Waals surface area contributed by atoms with E-state index >= 15 is 0 Å². The third kappa shape index (κ3) is 2.54. The molecule has 0 amide bonds. The molecule has 4 atom stereocenters. The Labute approximate surface area is 94.4 Å². The van der Waals surface area contributed by atoms with Crippen LogP contribution in [0.15, 0.2) is 0 Å². The molecule has 2 rings (SSSR count). The molecule has 0 saturated heterocycles. The molecule has 1 N–H and O–H groups in total. The van der Waals surface area contributed by atoms with Crippen LogP contribution in [0.2, 0.25) is 0 Å². The molecular formula is C13H26N2. The summed E-state index contributed by atoms with van der Waals surface area (Å²) in [5.74, 6) is 2.07. The lowest BCUT2D eigenvalue weighted by molar-refractivity contribution is 0.251. The van der Waals surface area contributed by atoms with E-state index in [-0.39, 0.29) is 0 Å². The van der Waals surface area contributed by atoms with Gasteiger partial charge in [0.1, 0.15) is 0 Å². The van der Waals surface area contributed by atoms with Gasteiger partial charge in [-0.1, -0.05) is 13.3 Å². The third-order valence-corrected chi connectivity index (χ3v) is 4.56. The maximum Gasteiger partial charge on any atom is 0.0212 e. The SMILES string of the molecule is CCC(CNC1CC2CCC1C2)N(C)C. The van der Waals surface area contributed by atoms with Crippen molar-refractivity contribution in [3.63, 3.8) is 0 Å². The molecule has 2 saturated carbocycles. The van der Waals surface area contributed by atoms with Crippen molar-refractivity contribution in [1.82, 2.24) is 10.2 Å². The first-order chi connectivity index (χ1) is 7.20. The van der Waals surface area contributed by atoms with Crippen LogP contribution in [-0.2, 0) is 0 Å². The predicted octanol–water partition coefficient (Wildman–Crippen LogP) is 2.10. The number of nitrogens with zero attached hydrogens (tertiary/aromatic N) is 1. The fourth-order valence-corrected chi connectivity index (χ4v) is 3.47. The Morgan fingerprint density at radius 1 is 1.27 bits per heavy atom. The second kappa shape index (κ2) is 4.84. The average Bonchev–Trinajstić information content (AvgIpc) is 2.79. The normalized spacial score (nSPS) is 36.4. The van der Waals surface area contributed by atoms with Gasteiger partial charge >= 0.3 is 0 Å². The molecule has 4 unspecified atom stereocenters. The number of hydrogen-bond donors (Lipinski definition) is 1. The van der Waals surface area contributed by atoms with E-state index in [1.807, 2.05) is 0 Å². The number of likely N-dealkylation sites (N-methyl/N-ethyl adjacent to an activating group) is 1. The zero-order valence-corrected chi connectivity index (χ0v) is 10.5. The maximum absolute atomic E-state index is 3.80. The van der Waals surface area contributed by atoms with Gasteiger partial charge in [-0.15, -0.1) is 0 Å². The highest BCUT2D eigenvalue weighted by Gasteiger charge is 2.39. The highest BCUT2D eigenvalue weighted by atomic mass is 15.1. The molecule has 0 aliphatic heterocycles. The summed E-state index contributed by atoms with van der Waals surface area (Å²) in [6, 6.07) is 1.56. The first kappa shape index (κ1) is 11.4. The van der Waals surface area contributed by atoms with Crippen molar-refractivity contribution < 1.29 is 0 Å². The van der Waals surface area contributed by atoms with Gasteiger partial charge in [0.05, 0.1) is 0 Å². The van der Waals surface area contributed by atoms with Crippen LogP contribution >= 0.6 is 0 Å². The lowest BCUT2D eigenvalue weighted by Crippen LogP contribution is -2.43. The second-order valence-corrected chi connectivity index (χ2v) is 5.72. The Bertz CT molecular complexity index is 203. The molecule has 0 radical (unpaired) electrons. The Hall–Kier alpha value is -0.0800. The van der Waals surface area contributed by atoms with E-state index in [4.69, 9.17) is 0 Å². The average molecular weight is 210 g/mol. The molecule has 2 heteroatoms. The van der Waals surface area contributed by atoms with Crippen LogP contribution in [0.4, 0.5) is 0 Å². The minimum absolute atomic E-state index is 0.712. The predicted molar refractivity (Wildman–Crippen MR) is 65.0 cm³/mol. The van der Waals surface area contributed by atoms with Crippen molar-refractivity contribution in [3.8, 4) is 0 Å². The van der Waals surface area contributed by atoms with Crippen LogP contribution in [0.1, 0.15) is 39.0 Å². The van der Waals surface area contributed by atoms with Crippen LogP contribution in [0.5, 0.6) is 0 Å². The van der Waals surface area contributed by atoms with Gasteiger partial charge in [0.25, 0.3) is 0 Å². The Balaban J connectivity index is 1.73. The Morgan fingerprint density at radius 3 is 2.53 bits per heavy atom. The third-order valence-electron chi connectivity index (χ3n) is 4.56. The molecule has 2 aliphatic rings. The van der Waals surface area contributed by atoms with Crippen LogP contribution in [0.3, 0.4) is 0 Å². The van der Waals surface area contributed by atoms with E-state index in [1.54, 1.807) is 0 Å². The summed E-state index contributed by atoms with van der Waals surface area (Å²) in [6.07, 6.45) is 7.21. The van der Waals surface area contributed by atoms with Gasteiger partial charge in [-0.25, -0.2) is 0 Å². The molecule has 0 aromatic heterocycles. The number of hydrogen-bond acceptors (Lipinski definition) is 2. The van der Waals surface area contributed by atoms with Gasteiger partial charge in [0.2, 0.25) is 0 Å². The van der Waals surface area contributed by atoms with Crippen molar-refractivity contribution in [2.75, 3.05) is 20.6 Å². The van der Waals surface area contributed by atoms with Crippen molar-refractivity contribution in [3.05, 3.63) is 0 Å². The van der Waals surface area contributed by atoms with Crippen molar-refractivity contribution in [2.45, 2.75) is 51.1 Å². The molecule has 15 heavy (non-hydrogen) atoms. The van der Waals surface area contributed by atoms with Gasteiger partial charge in [-0.2, -0.15) is 0 Å². The zero-order valence-electron chi connectivity index (χ0n) is 10.5. The van der Waals surface area contributed by atoms with E-state index < -0.39 is 0 Å². The monoisotopic (exact) mass is 210 g/mol. The second-order valence-electron chi connectivity index (χ2n) is 5.72. The summed E-state index contributed by atoms with van der Waals surface area (Å²) in [7, 11) is 4.38. The molecule has 2 nitrogen and oxygen atoms in total. The largest absolute Gasteiger partial charge is 0.312 e. The maximum atomic E-state index is 3.80. The molecule has 88 valence electrons. The molecule has 0 aromatic carbocycles. The van der Waals surface area contributed by atoms with Crippen molar-refractivity contribution in [1.29, 1.82) is 0 Å². The van der Waals surface area contributed by atoms with E-state index in [1.165, 1.54) is 38.6 Å². The van der Waals surface area contributed by atoms with E-state index in [0.29, 0.717) is 6.04 Å². The van der Waals surface area contributed by atoms with Gasteiger partial charge in [-0.3, -0.25) is 0 Å². The molecular weight excluding hydrogens is 184 g/mol. The molecule has 2 fully saturated rings. The summed E-state index contributed by atoms with van der Waals surface area (Å²) in [6.45, 7) is 3.46. The van der Waals surface area contributed by atoms with Gasteiger partial charge < -0.3 is 10.2 Å². The highest BCUT2D eigenvalue weighted by Crippen LogP contribution is 2.44. The Kier molecular flexibility index (Phi) is 3.68. The summed E-state index contributed by atoms with van der Waals surface area (Å²) in [4.78, 5) is 2.35. The standard InChI is InChI=1S/C13H26N2/c1-4-12(15(2)3)9-14-13-8-10-5-6-11(13)7-10/h10-14H,4-9H2,1-3H3. The van der Waals surface area contributed by atoms with Crippen LogP contribution in [0, 0.1) is 11.8 Å². The number of nitrogens with one attached hydrogen (secondary N) is 1. The van der Waals surface area contributed by atoms with Gasteiger partial charge in [0.15, 0.2) is 0 Å². The molecule has 0 heterocycles. The van der Waals surface area contributed by atoms with E-state index in [9.17, 15) is 0 Å². The van der Waals surface area contributed by atoms with Crippen LogP contribution < -0.4 is 5.32 Å². The fourth-order valence-electron chi connectivity index (χ4n) is 3.47. The van der Waals surface area contributed by atoms with Gasteiger partial charge in [0, 0.05) is 18.6 Å². The van der Waals surface area contributed by atoms with Gasteiger partial charge in [-0.05, 0) is 51.6 Å². The quantitative estimate of drug-likeness (QED) is 0.747. The molecule has 2 bridgehead atoms. The molecule has 2 aliphatic carbocycles. The minimum Gasteiger partial charge on any atom is -0.312 e. The topological polar surface area (TPSA) is 15.3 Å². The summed E-state index contributed by atoms with van der Waals surface area (Å²) in [5, 5.41) is 3.80. The first-order valence-electron chi connectivity index (χ1n) is 6.60. The highest BCUT2D eigenvalue weighted by molar-refractivity contribution is 4.94. The number of fused-ring (bicyclic) bond motifs is 2.